The first kappa shape index (κ1) is 11.4. The Morgan fingerprint density at radius 3 is 2.93 bits per heavy atom. The minimum Gasteiger partial charge on any atom is -0.396 e. The number of nitrogens with two attached hydrogens (primary N) is 1. The molecule has 1 amide bonds. The zero-order valence-electron chi connectivity index (χ0n) is 8.48. The van der Waals surface area contributed by atoms with E-state index in [1.165, 1.54) is 7.11 Å². The minimum atomic E-state index is -0.535. The van der Waals surface area contributed by atoms with Gasteiger partial charge in [0.05, 0.1) is 0 Å². The molecule has 0 saturated carbocycles. The maximum absolute atomic E-state index is 11.7. The molecule has 2 unspecified atom stereocenters. The summed E-state index contributed by atoms with van der Waals surface area (Å²) in [6.45, 7) is 1.67. The molecule has 2 atom stereocenters. The van der Waals surface area contributed by atoms with Crippen LogP contribution in [0.25, 0.3) is 0 Å². The van der Waals surface area contributed by atoms with Crippen LogP contribution < -0.4 is 5.73 Å². The van der Waals surface area contributed by atoms with Gasteiger partial charge in [-0.25, -0.2) is 0 Å². The van der Waals surface area contributed by atoms with Gasteiger partial charge in [-0.15, -0.1) is 0 Å². The van der Waals surface area contributed by atoms with Crippen LogP contribution in [-0.2, 0) is 9.53 Å². The highest BCUT2D eigenvalue weighted by molar-refractivity contribution is 5.81. The van der Waals surface area contributed by atoms with Crippen LogP contribution >= 0.6 is 0 Å². The van der Waals surface area contributed by atoms with Crippen LogP contribution in [0.1, 0.15) is 6.42 Å². The van der Waals surface area contributed by atoms with Crippen molar-refractivity contribution in [2.24, 2.45) is 11.7 Å². The lowest BCUT2D eigenvalue weighted by Gasteiger charge is -2.21. The molecule has 1 aliphatic heterocycles. The highest BCUT2D eigenvalue weighted by atomic mass is 16.5. The molecular formula is C9H18N2O3. The Labute approximate surface area is 83.8 Å². The van der Waals surface area contributed by atoms with E-state index < -0.39 is 6.10 Å². The number of aliphatic hydroxyl groups excluding tert-OH is 1. The topological polar surface area (TPSA) is 75.8 Å². The van der Waals surface area contributed by atoms with E-state index in [2.05, 4.69) is 0 Å². The summed E-state index contributed by atoms with van der Waals surface area (Å²) in [5.74, 6) is 0.153. The fourth-order valence-corrected chi connectivity index (χ4v) is 1.68. The number of ether oxygens (including phenoxy) is 1. The molecular weight excluding hydrogens is 184 g/mol. The zero-order chi connectivity index (χ0) is 10.6. The summed E-state index contributed by atoms with van der Waals surface area (Å²) in [4.78, 5) is 13.4. The highest BCUT2D eigenvalue weighted by Gasteiger charge is 2.29. The van der Waals surface area contributed by atoms with Crippen LogP contribution in [-0.4, -0.2) is 55.4 Å². The van der Waals surface area contributed by atoms with Gasteiger partial charge in [0.15, 0.2) is 0 Å². The minimum absolute atomic E-state index is 0.0639. The monoisotopic (exact) mass is 202 g/mol. The molecule has 0 radical (unpaired) electrons. The van der Waals surface area contributed by atoms with Crippen LogP contribution in [0, 0.1) is 5.92 Å². The van der Waals surface area contributed by atoms with Crippen LogP contribution in [0.5, 0.6) is 0 Å². The van der Waals surface area contributed by atoms with E-state index in [-0.39, 0.29) is 25.0 Å². The molecule has 1 heterocycles. The number of carbonyl (C=O) groups excluding carboxylic acids is 1. The first-order valence-electron chi connectivity index (χ1n) is 4.85. The lowest BCUT2D eigenvalue weighted by Crippen LogP contribution is -2.42. The summed E-state index contributed by atoms with van der Waals surface area (Å²) in [6.07, 6.45) is 0.330. The molecule has 1 aliphatic rings. The summed E-state index contributed by atoms with van der Waals surface area (Å²) in [5.41, 5.74) is 5.40. The molecule has 5 heteroatoms. The molecule has 0 aromatic carbocycles. The van der Waals surface area contributed by atoms with Crippen molar-refractivity contribution in [1.82, 2.24) is 4.90 Å². The average Bonchev–Trinajstić information content (AvgIpc) is 2.67. The largest absolute Gasteiger partial charge is 0.396 e. The van der Waals surface area contributed by atoms with Crippen molar-refractivity contribution in [2.45, 2.75) is 12.5 Å². The average molecular weight is 202 g/mol. The quantitative estimate of drug-likeness (QED) is 0.600. The van der Waals surface area contributed by atoms with Gasteiger partial charge in [-0.1, -0.05) is 0 Å². The van der Waals surface area contributed by atoms with Gasteiger partial charge in [0.2, 0.25) is 0 Å². The Morgan fingerprint density at radius 1 is 1.79 bits per heavy atom. The summed E-state index contributed by atoms with van der Waals surface area (Å²) in [6, 6.07) is 0. The number of nitrogens with zero attached hydrogens (tertiary/aromatic N) is 1. The maximum atomic E-state index is 11.7. The second-order valence-corrected chi connectivity index (χ2v) is 3.58. The molecule has 0 aromatic rings. The van der Waals surface area contributed by atoms with Crippen LogP contribution in [0.15, 0.2) is 0 Å². The summed E-state index contributed by atoms with van der Waals surface area (Å²) in [7, 11) is 1.48. The van der Waals surface area contributed by atoms with E-state index in [4.69, 9.17) is 15.6 Å². The molecule has 0 aliphatic carbocycles. The van der Waals surface area contributed by atoms with Gasteiger partial charge in [-0.05, 0) is 6.42 Å². The third kappa shape index (κ3) is 2.43. The lowest BCUT2D eigenvalue weighted by molar-refractivity contribution is -0.140. The number of amides is 1. The zero-order valence-corrected chi connectivity index (χ0v) is 8.48. The van der Waals surface area contributed by atoms with E-state index >= 15 is 0 Å². The third-order valence-electron chi connectivity index (χ3n) is 2.63. The molecule has 0 aromatic heterocycles. The Kier molecular flexibility index (Phi) is 4.31. The first-order chi connectivity index (χ1) is 6.72. The van der Waals surface area contributed by atoms with Crippen molar-refractivity contribution in [1.29, 1.82) is 0 Å². The van der Waals surface area contributed by atoms with Gasteiger partial charge in [0, 0.05) is 39.3 Å². The molecule has 1 saturated heterocycles. The van der Waals surface area contributed by atoms with Gasteiger partial charge in [0.1, 0.15) is 6.10 Å². The fourth-order valence-electron chi connectivity index (χ4n) is 1.68. The molecule has 0 bridgehead atoms. The van der Waals surface area contributed by atoms with Crippen molar-refractivity contribution in [3.8, 4) is 0 Å². The van der Waals surface area contributed by atoms with Gasteiger partial charge >= 0.3 is 0 Å². The van der Waals surface area contributed by atoms with Gasteiger partial charge in [-0.2, -0.15) is 0 Å². The standard InChI is InChI=1S/C9H18N2O3/c1-14-8(4-10)9(13)11-3-2-7(5-11)6-12/h7-8,12H,2-6,10H2,1H3. The van der Waals surface area contributed by atoms with E-state index in [0.717, 1.165) is 6.42 Å². The van der Waals surface area contributed by atoms with Crippen LogP contribution in [0.2, 0.25) is 0 Å². The van der Waals surface area contributed by atoms with Crippen molar-refractivity contribution in [2.75, 3.05) is 33.4 Å². The second kappa shape index (κ2) is 5.29. The third-order valence-corrected chi connectivity index (χ3v) is 2.63. The number of aliphatic hydroxyl groups is 1. The smallest absolute Gasteiger partial charge is 0.253 e. The van der Waals surface area contributed by atoms with Crippen molar-refractivity contribution >= 4 is 5.91 Å². The number of hydrogen-bond donors (Lipinski definition) is 2. The van der Waals surface area contributed by atoms with Crippen LogP contribution in [0.3, 0.4) is 0 Å². The second-order valence-electron chi connectivity index (χ2n) is 3.58. The Bertz CT molecular complexity index is 194. The fraction of sp³-hybridized carbons (Fsp3) is 0.889. The Morgan fingerprint density at radius 2 is 2.50 bits per heavy atom. The van der Waals surface area contributed by atoms with Crippen molar-refractivity contribution in [3.05, 3.63) is 0 Å². The number of hydrogen-bond acceptors (Lipinski definition) is 4. The molecule has 1 rings (SSSR count). The maximum Gasteiger partial charge on any atom is 0.253 e. The summed E-state index contributed by atoms with van der Waals surface area (Å²) >= 11 is 0. The van der Waals surface area contributed by atoms with Crippen molar-refractivity contribution < 1.29 is 14.6 Å². The highest BCUT2D eigenvalue weighted by Crippen LogP contribution is 2.16. The first-order valence-corrected chi connectivity index (χ1v) is 4.85. The van der Waals surface area contributed by atoms with E-state index in [1.54, 1.807) is 4.90 Å². The van der Waals surface area contributed by atoms with Gasteiger partial charge in [-0.3, -0.25) is 4.79 Å². The Balaban J connectivity index is 2.45. The number of rotatable bonds is 4. The predicted octanol–water partition coefficient (Wildman–Crippen LogP) is -1.20. The predicted molar refractivity (Wildman–Crippen MR) is 51.6 cm³/mol. The molecule has 3 N–H and O–H groups in total. The van der Waals surface area contributed by atoms with Crippen LogP contribution in [0.4, 0.5) is 0 Å². The lowest BCUT2D eigenvalue weighted by atomic mass is 10.1. The van der Waals surface area contributed by atoms with E-state index in [0.29, 0.717) is 13.1 Å². The molecule has 82 valence electrons. The van der Waals surface area contributed by atoms with Gasteiger partial charge in [0.25, 0.3) is 5.91 Å². The van der Waals surface area contributed by atoms with Gasteiger partial charge < -0.3 is 20.5 Å². The Hall–Kier alpha value is -0.650. The SMILES string of the molecule is COC(CN)C(=O)N1CCC(CO)C1. The molecule has 1 fully saturated rings. The van der Waals surface area contributed by atoms with E-state index in [9.17, 15) is 4.79 Å². The van der Waals surface area contributed by atoms with E-state index in [1.807, 2.05) is 0 Å². The molecule has 5 nitrogen and oxygen atoms in total. The number of carbonyl (C=O) groups is 1. The molecule has 0 spiro atoms. The summed E-state index contributed by atoms with van der Waals surface area (Å²) < 4.78 is 4.96. The summed E-state index contributed by atoms with van der Waals surface area (Å²) in [5, 5.41) is 8.92. The molecule has 14 heavy (non-hydrogen) atoms. The normalized spacial score (nSPS) is 23.9. The number of methoxy groups -OCH3 is 1. The van der Waals surface area contributed by atoms with Crippen molar-refractivity contribution in [3.63, 3.8) is 0 Å². The number of likely N-dealkylation sites (tertiary alicyclic amines) is 1.